The number of rotatable bonds is 6. The second-order valence-corrected chi connectivity index (χ2v) is 7.67. The minimum absolute atomic E-state index is 0.0236. The molecule has 0 bridgehead atoms. The van der Waals surface area contributed by atoms with Crippen molar-refractivity contribution in [3.05, 3.63) is 94.3 Å². The van der Waals surface area contributed by atoms with Gasteiger partial charge in [0.1, 0.15) is 18.5 Å². The number of hydrogen-bond donors (Lipinski definition) is 2. The summed E-state index contributed by atoms with van der Waals surface area (Å²) >= 11 is 5.98. The highest BCUT2D eigenvalue weighted by Gasteiger charge is 2.30. The van der Waals surface area contributed by atoms with Crippen LogP contribution in [-0.4, -0.2) is 29.8 Å². The molecule has 3 aromatic carbocycles. The molecule has 1 aliphatic rings. The van der Waals surface area contributed by atoms with E-state index in [0.29, 0.717) is 0 Å². The number of aliphatic carboxylic acids is 1. The molecule has 2 N–H and O–H groups in total. The monoisotopic (exact) mass is 439 g/mol. The van der Waals surface area contributed by atoms with Crippen LogP contribution in [0.2, 0.25) is 5.02 Å². The lowest BCUT2D eigenvalue weighted by Crippen LogP contribution is -2.43. The van der Waals surface area contributed by atoms with E-state index in [4.69, 9.17) is 16.3 Å². The van der Waals surface area contributed by atoms with Crippen LogP contribution in [0.15, 0.2) is 66.7 Å². The molecule has 1 amide bonds. The number of carboxylic acids is 1. The van der Waals surface area contributed by atoms with Crippen molar-refractivity contribution >= 4 is 23.7 Å². The van der Waals surface area contributed by atoms with Crippen molar-refractivity contribution in [3.8, 4) is 11.1 Å². The summed E-state index contributed by atoms with van der Waals surface area (Å²) in [6.45, 7) is 0.0483. The van der Waals surface area contributed by atoms with Crippen LogP contribution in [0.1, 0.15) is 22.6 Å². The lowest BCUT2D eigenvalue weighted by atomic mass is 9.98. The molecular formula is C24H19ClFNO4. The Morgan fingerprint density at radius 2 is 1.61 bits per heavy atom. The summed E-state index contributed by atoms with van der Waals surface area (Å²) in [4.78, 5) is 24.0. The van der Waals surface area contributed by atoms with E-state index in [2.05, 4.69) is 5.32 Å². The van der Waals surface area contributed by atoms with Crippen molar-refractivity contribution in [1.82, 2.24) is 5.32 Å². The van der Waals surface area contributed by atoms with Crippen LogP contribution in [0.5, 0.6) is 0 Å². The molecule has 158 valence electrons. The Kier molecular flexibility index (Phi) is 5.91. The van der Waals surface area contributed by atoms with Gasteiger partial charge in [0.15, 0.2) is 0 Å². The summed E-state index contributed by atoms with van der Waals surface area (Å²) in [5.41, 5.74) is 4.29. The lowest BCUT2D eigenvalue weighted by molar-refractivity contribution is -0.139. The van der Waals surface area contributed by atoms with Crippen LogP contribution in [-0.2, 0) is 16.0 Å². The van der Waals surface area contributed by atoms with Crippen LogP contribution in [0, 0.1) is 5.82 Å². The number of amides is 1. The molecule has 0 aliphatic heterocycles. The quantitative estimate of drug-likeness (QED) is 0.566. The standard InChI is InChI=1S/C24H19ClFNO4/c25-20-10-5-11-21(26)18(20)12-22(23(28)29)27-24(30)31-13-19-16-8-3-1-6-14(16)15-7-2-4-9-17(15)19/h1-11,19,22H,12-13H2,(H,27,30)(H,28,29)/t22-/m0/s1. The molecule has 0 unspecified atom stereocenters. The highest BCUT2D eigenvalue weighted by molar-refractivity contribution is 6.31. The molecule has 0 radical (unpaired) electrons. The Labute approximate surface area is 183 Å². The molecule has 5 nitrogen and oxygen atoms in total. The SMILES string of the molecule is O=C(N[C@@H](Cc1c(F)cccc1Cl)C(=O)O)OCC1c2ccccc2-c2ccccc21. The van der Waals surface area contributed by atoms with Crippen LogP contribution in [0.4, 0.5) is 9.18 Å². The maximum absolute atomic E-state index is 14.0. The predicted molar refractivity (Wildman–Crippen MR) is 115 cm³/mol. The van der Waals surface area contributed by atoms with Crippen LogP contribution < -0.4 is 5.32 Å². The summed E-state index contributed by atoms with van der Waals surface area (Å²) in [5, 5.41) is 11.9. The highest BCUT2D eigenvalue weighted by atomic mass is 35.5. The molecule has 0 saturated carbocycles. The van der Waals surface area contributed by atoms with Gasteiger partial charge in [-0.05, 0) is 34.4 Å². The van der Waals surface area contributed by atoms with Gasteiger partial charge in [0, 0.05) is 22.9 Å². The van der Waals surface area contributed by atoms with E-state index < -0.39 is 23.9 Å². The van der Waals surface area contributed by atoms with Gasteiger partial charge < -0.3 is 15.2 Å². The van der Waals surface area contributed by atoms with E-state index in [0.717, 1.165) is 22.3 Å². The Morgan fingerprint density at radius 3 is 2.19 bits per heavy atom. The van der Waals surface area contributed by atoms with Gasteiger partial charge in [-0.1, -0.05) is 66.2 Å². The van der Waals surface area contributed by atoms with Crippen molar-refractivity contribution in [2.75, 3.05) is 6.61 Å². The van der Waals surface area contributed by atoms with Crippen LogP contribution in [0.25, 0.3) is 11.1 Å². The number of carbonyl (C=O) groups is 2. The Hall–Kier alpha value is -3.38. The fourth-order valence-corrected chi connectivity index (χ4v) is 4.15. The number of alkyl carbamates (subject to hydrolysis) is 1. The van der Waals surface area contributed by atoms with Crippen LogP contribution >= 0.6 is 11.6 Å². The third kappa shape index (κ3) is 4.25. The maximum atomic E-state index is 14.0. The van der Waals surface area contributed by atoms with Crippen molar-refractivity contribution in [2.24, 2.45) is 0 Å². The van der Waals surface area contributed by atoms with Gasteiger partial charge in [-0.2, -0.15) is 0 Å². The van der Waals surface area contributed by atoms with Gasteiger partial charge in [-0.25, -0.2) is 14.0 Å². The second kappa shape index (κ2) is 8.78. The molecule has 0 fully saturated rings. The van der Waals surface area contributed by atoms with Crippen molar-refractivity contribution in [3.63, 3.8) is 0 Å². The average molecular weight is 440 g/mol. The Morgan fingerprint density at radius 1 is 1.00 bits per heavy atom. The molecule has 0 spiro atoms. The maximum Gasteiger partial charge on any atom is 0.407 e. The predicted octanol–water partition coefficient (Wildman–Crippen LogP) is 5.01. The fourth-order valence-electron chi connectivity index (χ4n) is 3.91. The van der Waals surface area contributed by atoms with Gasteiger partial charge in [-0.3, -0.25) is 0 Å². The number of halogens is 2. The van der Waals surface area contributed by atoms with Gasteiger partial charge >= 0.3 is 12.1 Å². The molecule has 0 aromatic heterocycles. The second-order valence-electron chi connectivity index (χ2n) is 7.27. The van der Waals surface area contributed by atoms with E-state index >= 15 is 0 Å². The number of hydrogen-bond acceptors (Lipinski definition) is 3. The summed E-state index contributed by atoms with van der Waals surface area (Å²) in [6.07, 6.45) is -1.19. The highest BCUT2D eigenvalue weighted by Crippen LogP contribution is 2.44. The number of ether oxygens (including phenoxy) is 1. The minimum atomic E-state index is -1.38. The lowest BCUT2D eigenvalue weighted by Gasteiger charge is -2.18. The Bertz CT molecular complexity index is 1080. The average Bonchev–Trinajstić information content (AvgIpc) is 3.08. The minimum Gasteiger partial charge on any atom is -0.480 e. The van der Waals surface area contributed by atoms with E-state index in [1.807, 2.05) is 48.5 Å². The van der Waals surface area contributed by atoms with Crippen molar-refractivity contribution in [1.29, 1.82) is 0 Å². The third-order valence-electron chi connectivity index (χ3n) is 5.40. The number of fused-ring (bicyclic) bond motifs is 3. The van der Waals surface area contributed by atoms with Crippen LogP contribution in [0.3, 0.4) is 0 Å². The summed E-state index contributed by atoms with van der Waals surface area (Å²) in [5.74, 6) is -2.09. The van der Waals surface area contributed by atoms with E-state index in [9.17, 15) is 19.1 Å². The van der Waals surface area contributed by atoms with Gasteiger partial charge in [0.25, 0.3) is 0 Å². The van der Waals surface area contributed by atoms with E-state index in [-0.39, 0.29) is 29.5 Å². The molecule has 0 heterocycles. The zero-order chi connectivity index (χ0) is 22.0. The summed E-state index contributed by atoms with van der Waals surface area (Å²) < 4.78 is 19.4. The van der Waals surface area contributed by atoms with E-state index in [1.54, 1.807) is 0 Å². The van der Waals surface area contributed by atoms with Gasteiger partial charge in [0.05, 0.1) is 0 Å². The molecule has 7 heteroatoms. The van der Waals surface area contributed by atoms with Crippen molar-refractivity contribution in [2.45, 2.75) is 18.4 Å². The normalized spacial score (nSPS) is 13.2. The Balaban J connectivity index is 1.45. The first-order valence-electron chi connectivity index (χ1n) is 9.73. The first-order valence-corrected chi connectivity index (χ1v) is 10.1. The molecule has 31 heavy (non-hydrogen) atoms. The van der Waals surface area contributed by atoms with Crippen molar-refractivity contribution < 1.29 is 23.8 Å². The molecular weight excluding hydrogens is 421 g/mol. The molecule has 4 rings (SSSR count). The smallest absolute Gasteiger partial charge is 0.407 e. The van der Waals surface area contributed by atoms with E-state index in [1.165, 1.54) is 18.2 Å². The first kappa shape index (κ1) is 20.9. The molecule has 1 atom stereocenters. The number of carbonyl (C=O) groups excluding carboxylic acids is 1. The molecule has 3 aromatic rings. The fraction of sp³-hybridized carbons (Fsp3) is 0.167. The summed E-state index contributed by atoms with van der Waals surface area (Å²) in [6, 6.07) is 18.5. The summed E-state index contributed by atoms with van der Waals surface area (Å²) in [7, 11) is 0. The number of carboxylic acid groups (broad SMARTS) is 1. The largest absolute Gasteiger partial charge is 0.480 e. The zero-order valence-corrected chi connectivity index (χ0v) is 17.1. The molecule has 1 aliphatic carbocycles. The number of nitrogens with one attached hydrogen (secondary N) is 1. The van der Waals surface area contributed by atoms with Gasteiger partial charge in [0.2, 0.25) is 0 Å². The zero-order valence-electron chi connectivity index (χ0n) is 16.3. The topological polar surface area (TPSA) is 75.6 Å². The molecule has 0 saturated heterocycles. The first-order chi connectivity index (χ1) is 15.0. The third-order valence-corrected chi connectivity index (χ3v) is 5.76. The van der Waals surface area contributed by atoms with Gasteiger partial charge in [-0.15, -0.1) is 0 Å². The number of benzene rings is 3.